The van der Waals surface area contributed by atoms with E-state index in [-0.39, 0.29) is 5.78 Å². The van der Waals surface area contributed by atoms with Gasteiger partial charge >= 0.3 is 0 Å². The number of methoxy groups -OCH3 is 1. The van der Waals surface area contributed by atoms with Gasteiger partial charge in [0.15, 0.2) is 5.78 Å². The van der Waals surface area contributed by atoms with Gasteiger partial charge in [-0.25, -0.2) is 0 Å². The Balaban J connectivity index is 2.09. The summed E-state index contributed by atoms with van der Waals surface area (Å²) >= 11 is 0. The van der Waals surface area contributed by atoms with Gasteiger partial charge in [-0.2, -0.15) is 0 Å². The van der Waals surface area contributed by atoms with Crippen molar-refractivity contribution in [1.29, 1.82) is 0 Å². The van der Waals surface area contributed by atoms with E-state index in [1.807, 2.05) is 18.2 Å². The average Bonchev–Trinajstić information content (AvgIpc) is 2.76. The Morgan fingerprint density at radius 2 is 2.38 bits per heavy atom. The molecule has 0 radical (unpaired) electrons. The van der Waals surface area contributed by atoms with E-state index in [1.165, 1.54) is 0 Å². The van der Waals surface area contributed by atoms with Gasteiger partial charge in [-0.15, -0.1) is 0 Å². The smallest absolute Gasteiger partial charge is 0.166 e. The molecule has 1 aliphatic rings. The van der Waals surface area contributed by atoms with Crippen LogP contribution in [0.5, 0.6) is 5.75 Å². The zero-order valence-electron chi connectivity index (χ0n) is 9.49. The number of hydrogen-bond acceptors (Lipinski definition) is 3. The molecule has 3 heteroatoms. The van der Waals surface area contributed by atoms with Crippen LogP contribution >= 0.6 is 0 Å². The topological polar surface area (TPSA) is 35.5 Å². The molecule has 0 aromatic heterocycles. The van der Waals surface area contributed by atoms with Gasteiger partial charge in [0.25, 0.3) is 0 Å². The summed E-state index contributed by atoms with van der Waals surface area (Å²) in [4.78, 5) is 11.9. The number of para-hydroxylation sites is 1. The van der Waals surface area contributed by atoms with Crippen molar-refractivity contribution in [3.63, 3.8) is 0 Å². The fourth-order valence-corrected chi connectivity index (χ4v) is 1.95. The number of fused-ring (bicyclic) bond motifs is 1. The van der Waals surface area contributed by atoms with Crippen LogP contribution in [0.4, 0.5) is 0 Å². The number of carbonyl (C=O) groups excluding carboxylic acids is 1. The zero-order valence-corrected chi connectivity index (χ0v) is 9.49. The van der Waals surface area contributed by atoms with Crippen molar-refractivity contribution in [2.24, 2.45) is 0 Å². The monoisotopic (exact) mass is 220 g/mol. The van der Waals surface area contributed by atoms with E-state index in [1.54, 1.807) is 7.11 Å². The van der Waals surface area contributed by atoms with Crippen LogP contribution in [0.1, 0.15) is 28.8 Å². The van der Waals surface area contributed by atoms with Crippen molar-refractivity contribution < 1.29 is 14.3 Å². The zero-order chi connectivity index (χ0) is 11.4. The van der Waals surface area contributed by atoms with Crippen LogP contribution in [-0.4, -0.2) is 26.1 Å². The van der Waals surface area contributed by atoms with Crippen LogP contribution in [-0.2, 0) is 11.2 Å². The van der Waals surface area contributed by atoms with Crippen LogP contribution in [0.2, 0.25) is 0 Å². The molecule has 3 nitrogen and oxygen atoms in total. The first kappa shape index (κ1) is 11.1. The maximum Gasteiger partial charge on any atom is 0.166 e. The number of hydrogen-bond donors (Lipinski definition) is 0. The Morgan fingerprint density at radius 3 is 3.19 bits per heavy atom. The summed E-state index contributed by atoms with van der Waals surface area (Å²) in [6.07, 6.45) is 2.20. The maximum absolute atomic E-state index is 11.9. The third-order valence-corrected chi connectivity index (χ3v) is 2.77. The highest BCUT2D eigenvalue weighted by Gasteiger charge is 2.19. The normalized spacial score (nSPS) is 13.3. The number of benzene rings is 1. The van der Waals surface area contributed by atoms with E-state index in [9.17, 15) is 4.79 Å². The van der Waals surface area contributed by atoms with Gasteiger partial charge in [0.1, 0.15) is 5.75 Å². The predicted octanol–water partition coefficient (Wildman–Crippen LogP) is 2.23. The number of Topliss-reactive ketones (excluding diaryl/α,β-unsaturated/α-hetero) is 1. The van der Waals surface area contributed by atoms with Gasteiger partial charge in [-0.1, -0.05) is 12.1 Å². The summed E-state index contributed by atoms with van der Waals surface area (Å²) in [6, 6.07) is 5.80. The van der Waals surface area contributed by atoms with Gasteiger partial charge in [-0.3, -0.25) is 4.79 Å². The molecule has 1 aromatic rings. The van der Waals surface area contributed by atoms with E-state index >= 15 is 0 Å². The first-order valence-electron chi connectivity index (χ1n) is 5.59. The average molecular weight is 220 g/mol. The van der Waals surface area contributed by atoms with Crippen molar-refractivity contribution in [3.05, 3.63) is 29.3 Å². The molecule has 0 saturated carbocycles. The summed E-state index contributed by atoms with van der Waals surface area (Å²) < 4.78 is 10.4. The van der Waals surface area contributed by atoms with Crippen molar-refractivity contribution in [2.45, 2.75) is 19.3 Å². The molecule has 0 unspecified atom stereocenters. The molecular weight excluding hydrogens is 204 g/mol. The Hall–Kier alpha value is -1.35. The third kappa shape index (κ3) is 2.25. The predicted molar refractivity (Wildman–Crippen MR) is 61.1 cm³/mol. The molecule has 0 amide bonds. The minimum Gasteiger partial charge on any atom is -0.492 e. The Kier molecular flexibility index (Phi) is 3.57. The lowest BCUT2D eigenvalue weighted by Gasteiger charge is -2.06. The minimum absolute atomic E-state index is 0.149. The van der Waals surface area contributed by atoms with Gasteiger partial charge in [0.2, 0.25) is 0 Å². The van der Waals surface area contributed by atoms with E-state index < -0.39 is 0 Å². The Labute approximate surface area is 95.4 Å². The standard InChI is InChI=1S/C13H16O3/c1-15-8-3-6-12(14)11-5-2-4-10-7-9-16-13(10)11/h2,4-5H,3,6-9H2,1H3. The summed E-state index contributed by atoms with van der Waals surface area (Å²) in [6.45, 7) is 1.32. The largest absolute Gasteiger partial charge is 0.492 e. The van der Waals surface area contributed by atoms with Gasteiger partial charge in [0, 0.05) is 26.6 Å². The number of ketones is 1. The highest BCUT2D eigenvalue weighted by Crippen LogP contribution is 2.30. The fraction of sp³-hybridized carbons (Fsp3) is 0.462. The first-order chi connectivity index (χ1) is 7.83. The van der Waals surface area contributed by atoms with Crippen LogP contribution in [0.15, 0.2) is 18.2 Å². The summed E-state index contributed by atoms with van der Waals surface area (Å²) in [5.41, 5.74) is 1.88. The second-order valence-electron chi connectivity index (χ2n) is 3.91. The molecule has 0 atom stereocenters. The van der Waals surface area contributed by atoms with Crippen molar-refractivity contribution in [1.82, 2.24) is 0 Å². The maximum atomic E-state index is 11.9. The minimum atomic E-state index is 0.149. The lowest BCUT2D eigenvalue weighted by Crippen LogP contribution is -2.03. The lowest BCUT2D eigenvalue weighted by atomic mass is 10.0. The van der Waals surface area contributed by atoms with Crippen LogP contribution < -0.4 is 4.74 Å². The summed E-state index contributed by atoms with van der Waals surface area (Å²) in [5.74, 6) is 0.945. The highest BCUT2D eigenvalue weighted by atomic mass is 16.5. The van der Waals surface area contributed by atoms with Gasteiger partial charge in [-0.05, 0) is 18.1 Å². The molecule has 0 spiro atoms. The molecule has 1 aromatic carbocycles. The van der Waals surface area contributed by atoms with Crippen LogP contribution in [0, 0.1) is 0 Å². The van der Waals surface area contributed by atoms with E-state index in [2.05, 4.69) is 0 Å². The lowest BCUT2D eigenvalue weighted by molar-refractivity contribution is 0.0960. The second-order valence-corrected chi connectivity index (χ2v) is 3.91. The number of carbonyl (C=O) groups is 1. The molecule has 0 fully saturated rings. The molecule has 0 saturated heterocycles. The van der Waals surface area contributed by atoms with Crippen molar-refractivity contribution >= 4 is 5.78 Å². The number of rotatable bonds is 5. The van der Waals surface area contributed by atoms with E-state index in [0.717, 1.165) is 29.7 Å². The number of ether oxygens (including phenoxy) is 2. The van der Waals surface area contributed by atoms with Crippen molar-refractivity contribution in [3.8, 4) is 5.75 Å². The molecule has 0 aliphatic carbocycles. The molecular formula is C13H16O3. The first-order valence-corrected chi connectivity index (χ1v) is 5.59. The molecule has 1 aliphatic heterocycles. The summed E-state index contributed by atoms with van der Waals surface area (Å²) in [5, 5.41) is 0. The van der Waals surface area contributed by atoms with Crippen LogP contribution in [0.25, 0.3) is 0 Å². The quantitative estimate of drug-likeness (QED) is 0.564. The highest BCUT2D eigenvalue weighted by molar-refractivity contribution is 5.99. The van der Waals surface area contributed by atoms with E-state index in [0.29, 0.717) is 19.6 Å². The van der Waals surface area contributed by atoms with E-state index in [4.69, 9.17) is 9.47 Å². The third-order valence-electron chi connectivity index (χ3n) is 2.77. The molecule has 0 bridgehead atoms. The molecule has 86 valence electrons. The van der Waals surface area contributed by atoms with Gasteiger partial charge in [0.05, 0.1) is 12.2 Å². The molecule has 1 heterocycles. The molecule has 2 rings (SSSR count). The van der Waals surface area contributed by atoms with Crippen molar-refractivity contribution in [2.75, 3.05) is 20.3 Å². The molecule has 0 N–H and O–H groups in total. The Bertz CT molecular complexity index is 385. The van der Waals surface area contributed by atoms with Crippen LogP contribution in [0.3, 0.4) is 0 Å². The second kappa shape index (κ2) is 5.12. The summed E-state index contributed by atoms with van der Waals surface area (Å²) in [7, 11) is 1.65. The Morgan fingerprint density at radius 1 is 1.50 bits per heavy atom. The molecule has 16 heavy (non-hydrogen) atoms. The SMILES string of the molecule is COCCCC(=O)c1cccc2c1OCC2. The fourth-order valence-electron chi connectivity index (χ4n) is 1.95. The van der Waals surface area contributed by atoms with Gasteiger partial charge < -0.3 is 9.47 Å².